The van der Waals surface area contributed by atoms with Crippen LogP contribution in [0.5, 0.6) is 5.75 Å². The number of nitrogens with one attached hydrogen (secondary N) is 1. The number of hydrogen-bond acceptors (Lipinski definition) is 5. The third-order valence-electron chi connectivity index (χ3n) is 3.31. The van der Waals surface area contributed by atoms with Crippen molar-refractivity contribution in [3.05, 3.63) is 60.2 Å². The van der Waals surface area contributed by atoms with Gasteiger partial charge >= 0.3 is 6.01 Å². The fourth-order valence-corrected chi connectivity index (χ4v) is 2.27. The largest absolute Gasteiger partial charge is 0.497 e. The van der Waals surface area contributed by atoms with Gasteiger partial charge in [0.05, 0.1) is 7.11 Å². The van der Waals surface area contributed by atoms with Gasteiger partial charge in [0, 0.05) is 5.56 Å². The number of methoxy groups -OCH3 is 1. The first-order chi connectivity index (χ1) is 11.7. The molecule has 0 aliphatic carbocycles. The number of amides is 1. The van der Waals surface area contributed by atoms with Gasteiger partial charge in [-0.3, -0.25) is 10.1 Å². The molecule has 3 rings (SSSR count). The summed E-state index contributed by atoms with van der Waals surface area (Å²) in [6.07, 6.45) is 0. The fraction of sp³-hybridized carbons (Fsp3) is 0.118. The van der Waals surface area contributed by atoms with Crippen molar-refractivity contribution >= 4 is 23.5 Å². The molecular formula is C17H14ClN3O3. The molecule has 0 radical (unpaired) electrons. The molecule has 24 heavy (non-hydrogen) atoms. The molecule has 122 valence electrons. The minimum Gasteiger partial charge on any atom is -0.497 e. The third-order valence-corrected chi connectivity index (χ3v) is 3.76. The number of halogens is 1. The number of carbonyl (C=O) groups is 1. The number of aromatic nitrogens is 2. The van der Waals surface area contributed by atoms with Crippen molar-refractivity contribution in [3.8, 4) is 17.2 Å². The monoisotopic (exact) mass is 343 g/mol. The summed E-state index contributed by atoms with van der Waals surface area (Å²) < 4.78 is 10.5. The Bertz CT molecular complexity index is 819. The number of carbonyl (C=O) groups excluding carboxylic acids is 1. The first-order valence-corrected chi connectivity index (χ1v) is 7.59. The van der Waals surface area contributed by atoms with E-state index in [1.807, 2.05) is 18.2 Å². The molecule has 0 aliphatic heterocycles. The first kappa shape index (κ1) is 16.0. The summed E-state index contributed by atoms with van der Waals surface area (Å²) in [6.45, 7) is 0. The predicted octanol–water partition coefficient (Wildman–Crippen LogP) is 3.66. The van der Waals surface area contributed by atoms with Crippen molar-refractivity contribution in [2.75, 3.05) is 12.4 Å². The van der Waals surface area contributed by atoms with Crippen LogP contribution in [0, 0.1) is 0 Å². The summed E-state index contributed by atoms with van der Waals surface area (Å²) in [5.41, 5.74) is 1.40. The molecular weight excluding hydrogens is 330 g/mol. The van der Waals surface area contributed by atoms with Crippen LogP contribution >= 0.6 is 11.6 Å². The molecule has 3 aromatic rings. The Morgan fingerprint density at radius 1 is 1.12 bits per heavy atom. The summed E-state index contributed by atoms with van der Waals surface area (Å²) in [5.74, 6) is 0.575. The number of anilines is 1. The highest BCUT2D eigenvalue weighted by Gasteiger charge is 2.20. The van der Waals surface area contributed by atoms with Crippen LogP contribution in [0.3, 0.4) is 0 Å². The molecule has 0 saturated heterocycles. The second-order valence-electron chi connectivity index (χ2n) is 4.90. The van der Waals surface area contributed by atoms with E-state index in [1.165, 1.54) is 0 Å². The summed E-state index contributed by atoms with van der Waals surface area (Å²) in [6, 6.07) is 16.1. The van der Waals surface area contributed by atoms with Crippen molar-refractivity contribution in [3.63, 3.8) is 0 Å². The molecule has 0 bridgehead atoms. The van der Waals surface area contributed by atoms with E-state index in [0.717, 1.165) is 5.75 Å². The molecule has 6 nitrogen and oxygen atoms in total. The van der Waals surface area contributed by atoms with Crippen LogP contribution in [0.1, 0.15) is 10.9 Å². The standard InChI is InChI=1S/C17H14ClN3O3/c1-23-13-9-7-12(8-10-13)16-20-21-17(24-16)19-15(22)14(18)11-5-3-2-4-6-11/h2-10,14H,1H3,(H,19,21,22). The van der Waals surface area contributed by atoms with Crippen LogP contribution in [0.25, 0.3) is 11.5 Å². The van der Waals surface area contributed by atoms with E-state index in [4.69, 9.17) is 20.8 Å². The lowest BCUT2D eigenvalue weighted by Gasteiger charge is -2.07. The van der Waals surface area contributed by atoms with Gasteiger partial charge in [0.1, 0.15) is 11.1 Å². The SMILES string of the molecule is COc1ccc(-c2nnc(NC(=O)C(Cl)c3ccccc3)o2)cc1. The Balaban J connectivity index is 1.70. The number of benzene rings is 2. The Labute approximate surface area is 143 Å². The van der Waals surface area contributed by atoms with Crippen LogP contribution < -0.4 is 10.1 Å². The first-order valence-electron chi connectivity index (χ1n) is 7.15. The number of rotatable bonds is 5. The third kappa shape index (κ3) is 3.55. The lowest BCUT2D eigenvalue weighted by Crippen LogP contribution is -2.17. The van der Waals surface area contributed by atoms with Crippen molar-refractivity contribution < 1.29 is 13.9 Å². The van der Waals surface area contributed by atoms with Crippen molar-refractivity contribution in [1.29, 1.82) is 0 Å². The molecule has 0 saturated carbocycles. The molecule has 1 atom stereocenters. The molecule has 1 unspecified atom stereocenters. The zero-order chi connectivity index (χ0) is 16.9. The van der Waals surface area contributed by atoms with E-state index in [2.05, 4.69) is 15.5 Å². The number of hydrogen-bond donors (Lipinski definition) is 1. The van der Waals surface area contributed by atoms with E-state index in [1.54, 1.807) is 43.5 Å². The maximum atomic E-state index is 12.2. The van der Waals surface area contributed by atoms with Crippen LogP contribution in [-0.4, -0.2) is 23.2 Å². The van der Waals surface area contributed by atoms with Gasteiger partial charge in [0.2, 0.25) is 5.89 Å². The summed E-state index contributed by atoms with van der Waals surface area (Å²) in [4.78, 5) is 12.2. The van der Waals surface area contributed by atoms with Crippen LogP contribution in [0.15, 0.2) is 59.0 Å². The molecule has 1 N–H and O–H groups in total. The van der Waals surface area contributed by atoms with Gasteiger partial charge in [-0.15, -0.1) is 16.7 Å². The summed E-state index contributed by atoms with van der Waals surface area (Å²) in [5, 5.41) is 9.40. The molecule has 1 amide bonds. The van der Waals surface area contributed by atoms with Crippen LogP contribution in [0.2, 0.25) is 0 Å². The van der Waals surface area contributed by atoms with E-state index < -0.39 is 11.3 Å². The second-order valence-corrected chi connectivity index (χ2v) is 5.34. The number of alkyl halides is 1. The van der Waals surface area contributed by atoms with E-state index >= 15 is 0 Å². The summed E-state index contributed by atoms with van der Waals surface area (Å²) in [7, 11) is 1.59. The van der Waals surface area contributed by atoms with Gasteiger partial charge in [-0.25, -0.2) is 0 Å². The molecule has 0 fully saturated rings. The van der Waals surface area contributed by atoms with Crippen LogP contribution in [-0.2, 0) is 4.79 Å². The van der Waals surface area contributed by atoms with Gasteiger partial charge in [-0.2, -0.15) is 0 Å². The number of ether oxygens (including phenoxy) is 1. The highest BCUT2D eigenvalue weighted by atomic mass is 35.5. The molecule has 0 spiro atoms. The van der Waals surface area contributed by atoms with Gasteiger partial charge in [-0.1, -0.05) is 35.4 Å². The summed E-state index contributed by atoms with van der Waals surface area (Å²) >= 11 is 6.15. The topological polar surface area (TPSA) is 77.3 Å². The van der Waals surface area contributed by atoms with Crippen molar-refractivity contribution in [1.82, 2.24) is 10.2 Å². The van der Waals surface area contributed by atoms with Gasteiger partial charge in [-0.05, 0) is 29.8 Å². The lowest BCUT2D eigenvalue weighted by molar-refractivity contribution is -0.116. The lowest BCUT2D eigenvalue weighted by atomic mass is 10.1. The number of nitrogens with zero attached hydrogens (tertiary/aromatic N) is 2. The fourth-order valence-electron chi connectivity index (χ4n) is 2.07. The average Bonchev–Trinajstić information content (AvgIpc) is 3.10. The van der Waals surface area contributed by atoms with E-state index in [-0.39, 0.29) is 6.01 Å². The normalized spacial score (nSPS) is 11.8. The van der Waals surface area contributed by atoms with E-state index in [9.17, 15) is 4.79 Å². The second kappa shape index (κ2) is 7.14. The zero-order valence-corrected chi connectivity index (χ0v) is 13.5. The Morgan fingerprint density at radius 3 is 2.50 bits per heavy atom. The highest BCUT2D eigenvalue weighted by Crippen LogP contribution is 2.25. The maximum Gasteiger partial charge on any atom is 0.322 e. The Morgan fingerprint density at radius 2 is 1.83 bits per heavy atom. The molecule has 0 aliphatic rings. The Hall–Kier alpha value is -2.86. The molecule has 1 heterocycles. The maximum absolute atomic E-state index is 12.2. The highest BCUT2D eigenvalue weighted by molar-refractivity contribution is 6.32. The van der Waals surface area contributed by atoms with E-state index in [0.29, 0.717) is 17.0 Å². The average molecular weight is 344 g/mol. The van der Waals surface area contributed by atoms with Gasteiger partial charge < -0.3 is 9.15 Å². The molecule has 2 aromatic carbocycles. The van der Waals surface area contributed by atoms with Crippen LogP contribution in [0.4, 0.5) is 6.01 Å². The van der Waals surface area contributed by atoms with Crippen molar-refractivity contribution in [2.45, 2.75) is 5.38 Å². The molecule has 1 aromatic heterocycles. The van der Waals surface area contributed by atoms with Crippen molar-refractivity contribution in [2.24, 2.45) is 0 Å². The molecule has 7 heteroatoms. The quantitative estimate of drug-likeness (QED) is 0.715. The minimum atomic E-state index is -0.845. The minimum absolute atomic E-state index is 0.00704. The van der Waals surface area contributed by atoms with Gasteiger partial charge in [0.25, 0.3) is 5.91 Å². The zero-order valence-electron chi connectivity index (χ0n) is 12.8. The predicted molar refractivity (Wildman–Crippen MR) is 90.0 cm³/mol. The smallest absolute Gasteiger partial charge is 0.322 e. The van der Waals surface area contributed by atoms with Gasteiger partial charge in [0.15, 0.2) is 0 Å². The Kier molecular flexibility index (Phi) is 4.77.